The summed E-state index contributed by atoms with van der Waals surface area (Å²) in [4.78, 5) is 23.6. The number of carbonyl (C=O) groups is 1. The van der Waals surface area contributed by atoms with Gasteiger partial charge in [-0.05, 0) is 50.1 Å². The van der Waals surface area contributed by atoms with Gasteiger partial charge in [0.25, 0.3) is 0 Å². The van der Waals surface area contributed by atoms with Crippen LogP contribution in [0.15, 0.2) is 60.9 Å². The molecule has 1 fully saturated rings. The lowest BCUT2D eigenvalue weighted by Crippen LogP contribution is -2.38. The summed E-state index contributed by atoms with van der Waals surface area (Å²) in [7, 11) is 0. The molecule has 1 amide bonds. The highest BCUT2D eigenvalue weighted by Crippen LogP contribution is 2.26. The fourth-order valence-electron chi connectivity index (χ4n) is 3.63. The van der Waals surface area contributed by atoms with Gasteiger partial charge in [-0.2, -0.15) is 0 Å². The first kappa shape index (κ1) is 19.1. The lowest BCUT2D eigenvalue weighted by molar-refractivity contribution is -0.120. The molecular weight excluding hydrogens is 367 g/mol. The van der Waals surface area contributed by atoms with Crippen molar-refractivity contribution in [2.45, 2.75) is 19.8 Å². The smallest absolute Gasteiger partial charge is 0.227 e. The molecule has 0 unspecified atom stereocenters. The van der Waals surface area contributed by atoms with E-state index in [0.29, 0.717) is 5.69 Å². The molecule has 2 aromatic carbocycles. The van der Waals surface area contributed by atoms with Crippen molar-refractivity contribution in [1.82, 2.24) is 9.97 Å². The van der Waals surface area contributed by atoms with Crippen molar-refractivity contribution < 1.29 is 9.18 Å². The van der Waals surface area contributed by atoms with Gasteiger partial charge in [-0.3, -0.25) is 4.79 Å². The zero-order valence-corrected chi connectivity index (χ0v) is 16.3. The number of piperidine rings is 1. The predicted octanol–water partition coefficient (Wildman–Crippen LogP) is 4.45. The lowest BCUT2D eigenvalue weighted by atomic mass is 9.95. The van der Waals surface area contributed by atoms with Crippen LogP contribution in [0.1, 0.15) is 18.4 Å². The van der Waals surface area contributed by atoms with Crippen molar-refractivity contribution >= 4 is 17.4 Å². The average molecular weight is 390 g/mol. The van der Waals surface area contributed by atoms with Crippen LogP contribution in [0.2, 0.25) is 0 Å². The van der Waals surface area contributed by atoms with Crippen LogP contribution in [0.25, 0.3) is 11.3 Å². The number of carbonyl (C=O) groups excluding carboxylic acids is 1. The molecule has 2 heterocycles. The molecule has 3 aromatic rings. The van der Waals surface area contributed by atoms with Gasteiger partial charge in [0.2, 0.25) is 5.91 Å². The van der Waals surface area contributed by atoms with E-state index in [0.717, 1.165) is 43.0 Å². The molecular formula is C23H23FN4O. The van der Waals surface area contributed by atoms with Crippen LogP contribution in [0.5, 0.6) is 0 Å². The van der Waals surface area contributed by atoms with Crippen molar-refractivity contribution in [2.75, 3.05) is 23.3 Å². The Morgan fingerprint density at radius 2 is 1.83 bits per heavy atom. The molecule has 1 aromatic heterocycles. The number of rotatable bonds is 4. The van der Waals surface area contributed by atoms with Gasteiger partial charge in [0.15, 0.2) is 0 Å². The predicted molar refractivity (Wildman–Crippen MR) is 112 cm³/mol. The summed E-state index contributed by atoms with van der Waals surface area (Å²) in [6.45, 7) is 3.57. The molecule has 29 heavy (non-hydrogen) atoms. The Morgan fingerprint density at radius 3 is 2.55 bits per heavy atom. The van der Waals surface area contributed by atoms with Crippen LogP contribution in [-0.4, -0.2) is 29.0 Å². The van der Waals surface area contributed by atoms with Crippen LogP contribution >= 0.6 is 0 Å². The van der Waals surface area contributed by atoms with Gasteiger partial charge in [0.05, 0.1) is 5.69 Å². The summed E-state index contributed by atoms with van der Waals surface area (Å²) in [5.74, 6) is 0.494. The summed E-state index contributed by atoms with van der Waals surface area (Å²) < 4.78 is 13.0. The van der Waals surface area contributed by atoms with Crippen molar-refractivity contribution in [3.63, 3.8) is 0 Å². The quantitative estimate of drug-likeness (QED) is 0.715. The average Bonchev–Trinajstić information content (AvgIpc) is 2.75. The van der Waals surface area contributed by atoms with Gasteiger partial charge < -0.3 is 10.2 Å². The van der Waals surface area contributed by atoms with E-state index in [1.807, 2.05) is 18.2 Å². The monoisotopic (exact) mass is 390 g/mol. The fraction of sp³-hybridized carbons (Fsp3) is 0.261. The maximum Gasteiger partial charge on any atom is 0.227 e. The topological polar surface area (TPSA) is 58.1 Å². The van der Waals surface area contributed by atoms with Crippen molar-refractivity contribution in [2.24, 2.45) is 5.92 Å². The lowest BCUT2D eigenvalue weighted by Gasteiger charge is -2.32. The first-order valence-electron chi connectivity index (χ1n) is 9.79. The number of hydrogen-bond donors (Lipinski definition) is 1. The number of aromatic nitrogens is 2. The van der Waals surface area contributed by atoms with Crippen molar-refractivity contribution in [3.8, 4) is 11.3 Å². The standard InChI is InChI=1S/C23H23FN4O/c1-16-3-2-4-18(13-16)21-14-22(26-15-25-21)28-11-9-17(10-12-28)23(29)27-20-7-5-19(24)6-8-20/h2-8,13-15,17H,9-12H2,1H3,(H,27,29). The van der Waals surface area contributed by atoms with E-state index in [1.54, 1.807) is 18.5 Å². The number of hydrogen-bond acceptors (Lipinski definition) is 4. The van der Waals surface area contributed by atoms with Crippen LogP contribution in [0.3, 0.4) is 0 Å². The Bertz CT molecular complexity index is 998. The molecule has 0 atom stereocenters. The van der Waals surface area contributed by atoms with E-state index >= 15 is 0 Å². The first-order valence-corrected chi connectivity index (χ1v) is 9.79. The fourth-order valence-corrected chi connectivity index (χ4v) is 3.63. The third-order valence-corrected chi connectivity index (χ3v) is 5.27. The number of halogens is 1. The van der Waals surface area contributed by atoms with E-state index in [9.17, 15) is 9.18 Å². The molecule has 4 rings (SSSR count). The summed E-state index contributed by atoms with van der Waals surface area (Å²) in [6, 6.07) is 16.1. The highest BCUT2D eigenvalue weighted by molar-refractivity contribution is 5.92. The van der Waals surface area contributed by atoms with Crippen LogP contribution in [-0.2, 0) is 4.79 Å². The number of amides is 1. The molecule has 0 bridgehead atoms. The molecule has 1 aliphatic heterocycles. The summed E-state index contributed by atoms with van der Waals surface area (Å²) in [5, 5.41) is 2.88. The Labute approximate surface area is 169 Å². The molecule has 6 heteroatoms. The maximum atomic E-state index is 13.0. The molecule has 1 N–H and O–H groups in total. The second-order valence-corrected chi connectivity index (χ2v) is 7.39. The SMILES string of the molecule is Cc1cccc(-c2cc(N3CCC(C(=O)Nc4ccc(F)cc4)CC3)ncn2)c1. The third-order valence-electron chi connectivity index (χ3n) is 5.27. The molecule has 5 nitrogen and oxygen atoms in total. The molecule has 0 aliphatic carbocycles. The highest BCUT2D eigenvalue weighted by atomic mass is 19.1. The van der Waals surface area contributed by atoms with E-state index in [1.165, 1.54) is 17.7 Å². The zero-order valence-electron chi connectivity index (χ0n) is 16.3. The van der Waals surface area contributed by atoms with Gasteiger partial charge >= 0.3 is 0 Å². The number of benzene rings is 2. The summed E-state index contributed by atoms with van der Waals surface area (Å²) in [5.41, 5.74) is 3.78. The Hall–Kier alpha value is -3.28. The minimum Gasteiger partial charge on any atom is -0.356 e. The largest absolute Gasteiger partial charge is 0.356 e. The second-order valence-electron chi connectivity index (χ2n) is 7.39. The van der Waals surface area contributed by atoms with Crippen LogP contribution < -0.4 is 10.2 Å². The molecule has 0 radical (unpaired) electrons. The van der Waals surface area contributed by atoms with Crippen LogP contribution in [0, 0.1) is 18.7 Å². The Balaban J connectivity index is 1.39. The molecule has 148 valence electrons. The van der Waals surface area contributed by atoms with Gasteiger partial charge in [-0.15, -0.1) is 0 Å². The number of anilines is 2. The molecule has 0 spiro atoms. The maximum absolute atomic E-state index is 13.0. The van der Waals surface area contributed by atoms with Crippen LogP contribution in [0.4, 0.5) is 15.9 Å². The van der Waals surface area contributed by atoms with E-state index < -0.39 is 0 Å². The zero-order chi connectivity index (χ0) is 20.2. The van der Waals surface area contributed by atoms with Gasteiger partial charge in [-0.25, -0.2) is 14.4 Å². The second kappa shape index (κ2) is 8.39. The minimum absolute atomic E-state index is 0.0144. The molecule has 1 saturated heterocycles. The van der Waals surface area contributed by atoms with Crippen molar-refractivity contribution in [1.29, 1.82) is 0 Å². The normalized spacial score (nSPS) is 14.6. The Morgan fingerprint density at radius 1 is 1.07 bits per heavy atom. The number of nitrogens with one attached hydrogen (secondary N) is 1. The number of nitrogens with zero attached hydrogens (tertiary/aromatic N) is 3. The molecule has 0 saturated carbocycles. The minimum atomic E-state index is -0.314. The van der Waals surface area contributed by atoms with Gasteiger partial charge in [0.1, 0.15) is 18.0 Å². The van der Waals surface area contributed by atoms with E-state index in [4.69, 9.17) is 0 Å². The van der Waals surface area contributed by atoms with Gasteiger partial charge in [-0.1, -0.05) is 23.8 Å². The third kappa shape index (κ3) is 4.59. The van der Waals surface area contributed by atoms with Crippen molar-refractivity contribution in [3.05, 3.63) is 72.3 Å². The first-order chi connectivity index (χ1) is 14.1. The highest BCUT2D eigenvalue weighted by Gasteiger charge is 2.26. The van der Waals surface area contributed by atoms with E-state index in [2.05, 4.69) is 39.2 Å². The molecule has 1 aliphatic rings. The summed E-state index contributed by atoms with van der Waals surface area (Å²) >= 11 is 0. The van der Waals surface area contributed by atoms with Gasteiger partial charge in [0, 0.05) is 36.3 Å². The van der Waals surface area contributed by atoms with E-state index in [-0.39, 0.29) is 17.6 Å². The Kier molecular flexibility index (Phi) is 5.51. The summed E-state index contributed by atoms with van der Waals surface area (Å²) in [6.07, 6.45) is 3.09. The number of aryl methyl sites for hydroxylation is 1.